The standard InChI is InChI=1S/C24H22F10O6/c1-7(2)3-23(39,4-8-11(25)15(29)19(33)16(30)12(8)26)22(38)24(40,21(37)10(36)6-35)5-9-13(27)17(31)20(34)18(32)14(9)28/h10,21-22,35-40H,1,3-6H2,2H3/t10-,21+,22+,23?,24+/m0/s1. The first-order chi connectivity index (χ1) is 18.3. The van der Waals surface area contributed by atoms with Crippen molar-refractivity contribution in [2.24, 2.45) is 0 Å². The zero-order chi connectivity index (χ0) is 31.1. The smallest absolute Gasteiger partial charge is 0.200 e. The molecule has 40 heavy (non-hydrogen) atoms. The van der Waals surface area contributed by atoms with Crippen LogP contribution in [-0.2, 0) is 12.8 Å². The molecule has 0 heterocycles. The number of rotatable bonds is 11. The molecule has 0 spiro atoms. The second kappa shape index (κ2) is 12.0. The van der Waals surface area contributed by atoms with E-state index in [0.29, 0.717) is 0 Å². The van der Waals surface area contributed by atoms with Crippen molar-refractivity contribution < 1.29 is 74.5 Å². The van der Waals surface area contributed by atoms with Gasteiger partial charge in [-0.2, -0.15) is 0 Å². The van der Waals surface area contributed by atoms with Gasteiger partial charge in [0.15, 0.2) is 46.5 Å². The molecule has 5 atom stereocenters. The van der Waals surface area contributed by atoms with Crippen LogP contribution in [0.5, 0.6) is 0 Å². The lowest BCUT2D eigenvalue weighted by Crippen LogP contribution is -2.66. The van der Waals surface area contributed by atoms with E-state index in [0.717, 1.165) is 6.92 Å². The number of aliphatic hydroxyl groups is 6. The molecule has 0 saturated carbocycles. The number of hydrogen-bond acceptors (Lipinski definition) is 6. The highest BCUT2D eigenvalue weighted by atomic mass is 19.2. The summed E-state index contributed by atoms with van der Waals surface area (Å²) >= 11 is 0. The van der Waals surface area contributed by atoms with Crippen LogP contribution in [0, 0.1) is 58.2 Å². The summed E-state index contributed by atoms with van der Waals surface area (Å²) in [6, 6.07) is 0. The Balaban J connectivity index is 2.84. The molecule has 2 aromatic carbocycles. The van der Waals surface area contributed by atoms with E-state index in [9.17, 15) is 74.5 Å². The van der Waals surface area contributed by atoms with Gasteiger partial charge in [-0.3, -0.25) is 0 Å². The Kier molecular flexibility index (Phi) is 10.0. The first-order valence-electron chi connectivity index (χ1n) is 11.0. The zero-order valence-corrected chi connectivity index (χ0v) is 20.2. The molecule has 1 unspecified atom stereocenters. The summed E-state index contributed by atoms with van der Waals surface area (Å²) in [7, 11) is 0. The molecule has 0 fully saturated rings. The van der Waals surface area contributed by atoms with Crippen LogP contribution in [0.1, 0.15) is 24.5 Å². The van der Waals surface area contributed by atoms with Crippen LogP contribution in [0.15, 0.2) is 12.2 Å². The highest BCUT2D eigenvalue weighted by molar-refractivity contribution is 5.30. The molecule has 6 N–H and O–H groups in total. The second-order valence-corrected chi connectivity index (χ2v) is 9.28. The van der Waals surface area contributed by atoms with Crippen molar-refractivity contribution in [1.82, 2.24) is 0 Å². The van der Waals surface area contributed by atoms with Crippen molar-refractivity contribution >= 4 is 0 Å². The predicted molar refractivity (Wildman–Crippen MR) is 114 cm³/mol. The van der Waals surface area contributed by atoms with E-state index in [1.54, 1.807) is 0 Å². The quantitative estimate of drug-likeness (QED) is 0.103. The van der Waals surface area contributed by atoms with Crippen molar-refractivity contribution in [3.8, 4) is 0 Å². The summed E-state index contributed by atoms with van der Waals surface area (Å²) in [6.45, 7) is 2.92. The Hall–Kier alpha value is -2.76. The molecule has 0 aliphatic carbocycles. The van der Waals surface area contributed by atoms with Crippen LogP contribution in [0.4, 0.5) is 43.9 Å². The fraction of sp³-hybridized carbons (Fsp3) is 0.417. The maximum Gasteiger partial charge on any atom is 0.200 e. The monoisotopic (exact) mass is 596 g/mol. The predicted octanol–water partition coefficient (Wildman–Crippen LogP) is 2.37. The third-order valence-electron chi connectivity index (χ3n) is 6.20. The molecule has 0 aromatic heterocycles. The SMILES string of the molecule is C=C(C)CC(O)(Cc1c(F)c(F)c(F)c(F)c1F)[C@@H](O)[C@@](O)(Cc1c(F)c(F)c(F)c(F)c1F)[C@H](O)[C@@H](O)CO. The van der Waals surface area contributed by atoms with Crippen molar-refractivity contribution in [2.75, 3.05) is 6.61 Å². The van der Waals surface area contributed by atoms with Gasteiger partial charge in [0.2, 0.25) is 11.6 Å². The minimum Gasteiger partial charge on any atom is -0.394 e. The highest BCUT2D eigenvalue weighted by Crippen LogP contribution is 2.39. The van der Waals surface area contributed by atoms with E-state index in [4.69, 9.17) is 0 Å². The number of hydrogen-bond donors (Lipinski definition) is 6. The van der Waals surface area contributed by atoms with Gasteiger partial charge in [-0.1, -0.05) is 5.57 Å². The van der Waals surface area contributed by atoms with Crippen LogP contribution in [-0.4, -0.2) is 66.8 Å². The fourth-order valence-electron chi connectivity index (χ4n) is 4.24. The average molecular weight is 596 g/mol. The van der Waals surface area contributed by atoms with E-state index in [-0.39, 0.29) is 5.57 Å². The van der Waals surface area contributed by atoms with Gasteiger partial charge < -0.3 is 30.6 Å². The number of halogens is 10. The number of benzene rings is 2. The molecule has 0 radical (unpaired) electrons. The lowest BCUT2D eigenvalue weighted by molar-refractivity contribution is -0.229. The largest absolute Gasteiger partial charge is 0.394 e. The molecule has 0 saturated heterocycles. The van der Waals surface area contributed by atoms with E-state index in [2.05, 4.69) is 6.58 Å². The normalized spacial score (nSPS) is 17.2. The Bertz CT molecular complexity index is 1250. The molecule has 0 aliphatic rings. The molecule has 16 heteroatoms. The summed E-state index contributed by atoms with van der Waals surface area (Å²) < 4.78 is 140. The minimum absolute atomic E-state index is 0.235. The Morgan fingerprint density at radius 3 is 1.30 bits per heavy atom. The Morgan fingerprint density at radius 1 is 0.650 bits per heavy atom. The fourth-order valence-corrected chi connectivity index (χ4v) is 4.24. The highest BCUT2D eigenvalue weighted by Gasteiger charge is 2.55. The Morgan fingerprint density at radius 2 is 0.975 bits per heavy atom. The molecule has 6 nitrogen and oxygen atoms in total. The first kappa shape index (κ1) is 33.4. The third-order valence-corrected chi connectivity index (χ3v) is 6.20. The van der Waals surface area contributed by atoms with Gasteiger partial charge in [0.25, 0.3) is 0 Å². The molecular formula is C24H22F10O6. The lowest BCUT2D eigenvalue weighted by atomic mass is 9.71. The van der Waals surface area contributed by atoms with Crippen LogP contribution in [0.2, 0.25) is 0 Å². The summed E-state index contributed by atoms with van der Waals surface area (Å²) in [4.78, 5) is 0. The van der Waals surface area contributed by atoms with Crippen LogP contribution < -0.4 is 0 Å². The van der Waals surface area contributed by atoms with E-state index >= 15 is 0 Å². The third kappa shape index (κ3) is 5.82. The summed E-state index contributed by atoms with van der Waals surface area (Å²) in [6.07, 6.45) is -13.8. The van der Waals surface area contributed by atoms with Crippen molar-refractivity contribution in [3.05, 3.63) is 81.5 Å². The van der Waals surface area contributed by atoms with Gasteiger partial charge in [0.05, 0.1) is 6.61 Å². The van der Waals surface area contributed by atoms with Gasteiger partial charge >= 0.3 is 0 Å². The van der Waals surface area contributed by atoms with Gasteiger partial charge in [0.1, 0.15) is 29.5 Å². The van der Waals surface area contributed by atoms with Crippen molar-refractivity contribution in [1.29, 1.82) is 0 Å². The molecular weight excluding hydrogens is 574 g/mol. The minimum atomic E-state index is -3.85. The molecule has 0 aliphatic heterocycles. The zero-order valence-electron chi connectivity index (χ0n) is 20.2. The van der Waals surface area contributed by atoms with Gasteiger partial charge in [-0.25, -0.2) is 43.9 Å². The van der Waals surface area contributed by atoms with Crippen molar-refractivity contribution in [3.63, 3.8) is 0 Å². The summed E-state index contributed by atoms with van der Waals surface area (Å²) in [5, 5.41) is 63.0. The maximum atomic E-state index is 14.4. The number of aliphatic hydroxyl groups excluding tert-OH is 4. The molecule has 0 amide bonds. The molecule has 2 aromatic rings. The average Bonchev–Trinajstić information content (AvgIpc) is 2.91. The summed E-state index contributed by atoms with van der Waals surface area (Å²) in [5.74, 6) is -25.6. The second-order valence-electron chi connectivity index (χ2n) is 9.28. The van der Waals surface area contributed by atoms with E-state index in [1.165, 1.54) is 0 Å². The topological polar surface area (TPSA) is 121 Å². The lowest BCUT2D eigenvalue weighted by Gasteiger charge is -2.46. The molecule has 0 bridgehead atoms. The van der Waals surface area contributed by atoms with E-state index in [1.807, 2.05) is 0 Å². The van der Waals surface area contributed by atoms with Crippen LogP contribution in [0.25, 0.3) is 0 Å². The van der Waals surface area contributed by atoms with Crippen LogP contribution >= 0.6 is 0 Å². The maximum absolute atomic E-state index is 14.4. The molecule has 224 valence electrons. The summed E-state index contributed by atoms with van der Waals surface area (Å²) in [5.41, 5.74) is -11.2. The van der Waals surface area contributed by atoms with Gasteiger partial charge in [0, 0.05) is 24.0 Å². The Labute approximate surface area is 219 Å². The first-order valence-corrected chi connectivity index (χ1v) is 11.0. The van der Waals surface area contributed by atoms with Crippen molar-refractivity contribution in [2.45, 2.75) is 55.7 Å². The van der Waals surface area contributed by atoms with E-state index < -0.39 is 125 Å². The van der Waals surface area contributed by atoms with Crippen LogP contribution in [0.3, 0.4) is 0 Å². The van der Waals surface area contributed by atoms with Gasteiger partial charge in [-0.05, 0) is 13.3 Å². The molecule has 2 rings (SSSR count). The van der Waals surface area contributed by atoms with Gasteiger partial charge in [-0.15, -0.1) is 6.58 Å².